The highest BCUT2D eigenvalue weighted by Crippen LogP contribution is 2.40. The first-order chi connectivity index (χ1) is 12.3. The summed E-state index contributed by atoms with van der Waals surface area (Å²) >= 11 is 0. The molecule has 1 aromatic rings. The van der Waals surface area contributed by atoms with Gasteiger partial charge in [0, 0.05) is 0 Å². The third-order valence-corrected chi connectivity index (χ3v) is 5.73. The van der Waals surface area contributed by atoms with E-state index in [0.717, 1.165) is 17.0 Å². The van der Waals surface area contributed by atoms with Gasteiger partial charge >= 0.3 is 0 Å². The Morgan fingerprint density at radius 1 is 0.852 bits per heavy atom. The van der Waals surface area contributed by atoms with E-state index < -0.39 is 18.1 Å². The summed E-state index contributed by atoms with van der Waals surface area (Å²) in [5.74, 6) is 5.38. The van der Waals surface area contributed by atoms with Gasteiger partial charge in [-0.3, -0.25) is 9.82 Å². The van der Waals surface area contributed by atoms with Gasteiger partial charge in [0.25, 0.3) is 0 Å². The van der Waals surface area contributed by atoms with Crippen molar-refractivity contribution in [2.24, 2.45) is 16.7 Å². The van der Waals surface area contributed by atoms with E-state index in [1.54, 1.807) is 0 Å². The van der Waals surface area contributed by atoms with E-state index >= 15 is 0 Å². The Hall–Kier alpha value is -0.576. The Labute approximate surface area is 169 Å². The summed E-state index contributed by atoms with van der Waals surface area (Å²) in [5, 5.41) is 0. The van der Waals surface area contributed by atoms with E-state index in [9.17, 15) is 0 Å². The van der Waals surface area contributed by atoms with Crippen LogP contribution in [0.3, 0.4) is 0 Å². The zero-order valence-corrected chi connectivity index (χ0v) is 21.2. The molecule has 1 heterocycles. The molecular formula is C20H40N2O3Si2. The lowest BCUT2D eigenvalue weighted by molar-refractivity contribution is 0.0719. The topological polar surface area (TPSA) is 66.6 Å². The molecule has 0 aromatic carbocycles. The quantitative estimate of drug-likeness (QED) is 0.497. The van der Waals surface area contributed by atoms with Crippen molar-refractivity contribution in [1.82, 2.24) is 4.98 Å². The van der Waals surface area contributed by atoms with Crippen LogP contribution in [0.5, 0.6) is 0 Å². The van der Waals surface area contributed by atoms with E-state index in [-0.39, 0.29) is 23.0 Å². The first kappa shape index (κ1) is 24.5. The van der Waals surface area contributed by atoms with Crippen molar-refractivity contribution in [2.75, 3.05) is 0 Å². The number of hydrogen-bond donors (Lipinski definition) is 1. The number of hydrogen-bond acceptors (Lipinski definition) is 5. The van der Waals surface area contributed by atoms with Crippen LogP contribution in [-0.4, -0.2) is 23.1 Å². The molecule has 0 spiro atoms. The normalized spacial score (nSPS) is 15.4. The van der Waals surface area contributed by atoms with Gasteiger partial charge in [-0.25, -0.2) is 5.90 Å². The molecule has 0 aliphatic carbocycles. The maximum atomic E-state index is 6.41. The van der Waals surface area contributed by atoms with Crippen LogP contribution in [0.2, 0.25) is 26.2 Å². The molecule has 0 fully saturated rings. The second kappa shape index (κ2) is 9.76. The molecule has 0 saturated heterocycles. The van der Waals surface area contributed by atoms with E-state index in [0.29, 0.717) is 6.61 Å². The fraction of sp³-hybridized carbons (Fsp3) is 0.750. The second-order valence-corrected chi connectivity index (χ2v) is 14.7. The smallest absolute Gasteiger partial charge is 0.171 e. The number of pyridine rings is 1. The van der Waals surface area contributed by atoms with E-state index in [1.807, 2.05) is 0 Å². The lowest BCUT2D eigenvalue weighted by Gasteiger charge is -2.35. The van der Waals surface area contributed by atoms with Crippen molar-refractivity contribution < 1.29 is 13.7 Å². The minimum absolute atomic E-state index is 0.0609. The molecule has 1 aromatic heterocycles. The first-order valence-corrected chi connectivity index (χ1v) is 15.4. The summed E-state index contributed by atoms with van der Waals surface area (Å²) in [6.45, 7) is 22.3. The lowest BCUT2D eigenvalue weighted by atomic mass is 9.84. The van der Waals surface area contributed by atoms with E-state index in [4.69, 9.17) is 24.6 Å². The highest BCUT2D eigenvalue weighted by molar-refractivity contribution is 6.48. The van der Waals surface area contributed by atoms with Gasteiger partial charge in [-0.05, 0) is 54.7 Å². The summed E-state index contributed by atoms with van der Waals surface area (Å²) in [5.41, 5.74) is 2.76. The zero-order chi connectivity index (χ0) is 21.0. The Bertz CT molecular complexity index is 550. The van der Waals surface area contributed by atoms with E-state index in [2.05, 4.69) is 79.9 Å². The van der Waals surface area contributed by atoms with Crippen molar-refractivity contribution in [3.05, 3.63) is 29.1 Å². The van der Waals surface area contributed by atoms with Gasteiger partial charge in [-0.2, -0.15) is 0 Å². The largest absolute Gasteiger partial charge is 0.412 e. The number of aromatic nitrogens is 1. The van der Waals surface area contributed by atoms with Gasteiger partial charge < -0.3 is 8.85 Å². The molecule has 0 saturated carbocycles. The standard InChI is InChI=1S/C20H40N2O3Si2/c1-19(2,3)17(24-26(7)8)15-11-14(13-23-21)12-16(22-15)18(20(4,5)6)25-27(9)10/h11-12,17-18,26-27H,13,21H2,1-10H3. The summed E-state index contributed by atoms with van der Waals surface area (Å²) in [4.78, 5) is 9.99. The fourth-order valence-electron chi connectivity index (χ4n) is 3.06. The highest BCUT2D eigenvalue weighted by atomic mass is 28.3. The molecule has 2 atom stereocenters. The maximum Gasteiger partial charge on any atom is 0.171 e. The predicted molar refractivity (Wildman–Crippen MR) is 118 cm³/mol. The molecule has 27 heavy (non-hydrogen) atoms. The zero-order valence-electron chi connectivity index (χ0n) is 18.9. The van der Waals surface area contributed by atoms with Crippen molar-refractivity contribution in [3.63, 3.8) is 0 Å². The SMILES string of the molecule is C[SiH](C)OC(c1cc(CON)cc(C(O[SiH](C)C)C(C)(C)C)n1)C(C)(C)C. The molecule has 0 amide bonds. The summed E-state index contributed by atoms with van der Waals surface area (Å²) in [6.07, 6.45) is -0.143. The van der Waals surface area contributed by atoms with Gasteiger partial charge in [0.05, 0.1) is 30.2 Å². The molecule has 0 aliphatic heterocycles. The highest BCUT2D eigenvalue weighted by Gasteiger charge is 2.33. The molecule has 0 radical (unpaired) electrons. The fourth-order valence-corrected chi connectivity index (χ4v) is 5.25. The van der Waals surface area contributed by atoms with Crippen LogP contribution in [-0.2, 0) is 20.3 Å². The average Bonchev–Trinajstić information content (AvgIpc) is 2.47. The molecule has 0 aliphatic rings. The van der Waals surface area contributed by atoms with Crippen molar-refractivity contribution in [2.45, 2.75) is 86.5 Å². The second-order valence-electron chi connectivity index (χ2n) is 10.00. The van der Waals surface area contributed by atoms with Gasteiger partial charge in [-0.15, -0.1) is 0 Å². The lowest BCUT2D eigenvalue weighted by Crippen LogP contribution is -2.30. The van der Waals surface area contributed by atoms with Crippen molar-refractivity contribution >= 4 is 18.1 Å². The Kier molecular flexibility index (Phi) is 8.84. The van der Waals surface area contributed by atoms with Crippen LogP contribution in [0, 0.1) is 10.8 Å². The third-order valence-electron chi connectivity index (χ3n) is 4.10. The molecule has 1 rings (SSSR count). The van der Waals surface area contributed by atoms with Gasteiger partial charge in [0.15, 0.2) is 18.1 Å². The molecule has 2 N–H and O–H groups in total. The molecule has 5 nitrogen and oxygen atoms in total. The molecular weight excluding hydrogens is 372 g/mol. The van der Waals surface area contributed by atoms with Crippen LogP contribution in [0.1, 0.15) is 70.7 Å². The van der Waals surface area contributed by atoms with Crippen LogP contribution < -0.4 is 5.90 Å². The molecule has 156 valence electrons. The molecule has 0 bridgehead atoms. The average molecular weight is 413 g/mol. The van der Waals surface area contributed by atoms with Crippen LogP contribution >= 0.6 is 0 Å². The minimum Gasteiger partial charge on any atom is -0.412 e. The maximum absolute atomic E-state index is 6.41. The third kappa shape index (κ3) is 7.75. The Balaban J connectivity index is 3.53. The molecule has 7 heteroatoms. The summed E-state index contributed by atoms with van der Waals surface area (Å²) in [6, 6.07) is 4.13. The number of nitrogens with zero attached hydrogens (tertiary/aromatic N) is 1. The Morgan fingerprint density at radius 3 is 1.48 bits per heavy atom. The number of rotatable bonds is 8. The monoisotopic (exact) mass is 412 g/mol. The van der Waals surface area contributed by atoms with Gasteiger partial charge in [0.1, 0.15) is 0 Å². The summed E-state index contributed by atoms with van der Waals surface area (Å²) in [7, 11) is -2.49. The van der Waals surface area contributed by atoms with E-state index in [1.165, 1.54) is 0 Å². The minimum atomic E-state index is -1.25. The summed E-state index contributed by atoms with van der Waals surface area (Å²) < 4.78 is 12.8. The van der Waals surface area contributed by atoms with Crippen LogP contribution in [0.15, 0.2) is 12.1 Å². The Morgan fingerprint density at radius 2 is 1.22 bits per heavy atom. The number of nitrogens with two attached hydrogens (primary N) is 1. The van der Waals surface area contributed by atoms with Crippen LogP contribution in [0.25, 0.3) is 0 Å². The van der Waals surface area contributed by atoms with Crippen molar-refractivity contribution in [3.8, 4) is 0 Å². The van der Waals surface area contributed by atoms with Crippen molar-refractivity contribution in [1.29, 1.82) is 0 Å². The van der Waals surface area contributed by atoms with Crippen LogP contribution in [0.4, 0.5) is 0 Å². The van der Waals surface area contributed by atoms with Gasteiger partial charge in [-0.1, -0.05) is 41.5 Å². The first-order valence-electron chi connectivity index (χ1n) is 9.89. The van der Waals surface area contributed by atoms with Gasteiger partial charge in [0.2, 0.25) is 0 Å². The predicted octanol–water partition coefficient (Wildman–Crippen LogP) is 4.65. The molecule has 2 unspecified atom stereocenters.